The highest BCUT2D eigenvalue weighted by atomic mass is 19.1. The van der Waals surface area contributed by atoms with Crippen LogP contribution in [0.3, 0.4) is 0 Å². The van der Waals surface area contributed by atoms with Crippen LogP contribution in [0.4, 0.5) is 8.78 Å². The number of amides is 2. The molecule has 162 valence electrons. The van der Waals surface area contributed by atoms with Crippen LogP contribution >= 0.6 is 0 Å². The number of nitrogens with zero attached hydrogens (tertiary/aromatic N) is 1. The van der Waals surface area contributed by atoms with E-state index in [1.165, 1.54) is 0 Å². The number of benzene rings is 1. The van der Waals surface area contributed by atoms with E-state index in [9.17, 15) is 28.4 Å². The molecule has 0 saturated heterocycles. The van der Waals surface area contributed by atoms with Crippen LogP contribution in [-0.2, 0) is 14.3 Å². The van der Waals surface area contributed by atoms with Crippen molar-refractivity contribution in [2.45, 2.75) is 57.5 Å². The highest BCUT2D eigenvalue weighted by Crippen LogP contribution is 2.27. The van der Waals surface area contributed by atoms with Gasteiger partial charge in [0.1, 0.15) is 28.8 Å². The fourth-order valence-electron chi connectivity index (χ4n) is 3.38. The molecule has 2 amide bonds. The fraction of sp³-hybridized carbons (Fsp3) is 0.524. The van der Waals surface area contributed by atoms with Gasteiger partial charge in [-0.1, -0.05) is 39.2 Å². The maximum Gasteiger partial charge on any atom is 0.329 e. The molecule has 0 radical (unpaired) electrons. The van der Waals surface area contributed by atoms with Crippen molar-refractivity contribution in [1.82, 2.24) is 10.6 Å². The van der Waals surface area contributed by atoms with Crippen LogP contribution in [0.5, 0.6) is 0 Å². The van der Waals surface area contributed by atoms with Gasteiger partial charge in [-0.2, -0.15) is 5.26 Å². The van der Waals surface area contributed by atoms with Crippen molar-refractivity contribution < 1.29 is 27.9 Å². The Hall–Kier alpha value is -3.02. The normalized spacial score (nSPS) is 16.3. The van der Waals surface area contributed by atoms with Crippen LogP contribution in [0.2, 0.25) is 0 Å². The second kappa shape index (κ2) is 10.1. The Balaban J connectivity index is 1.98. The number of rotatable bonds is 7. The average molecular weight is 421 g/mol. The van der Waals surface area contributed by atoms with E-state index in [0.717, 1.165) is 37.5 Å². The molecule has 1 aromatic carbocycles. The third kappa shape index (κ3) is 5.75. The van der Waals surface area contributed by atoms with Gasteiger partial charge in [0.2, 0.25) is 0 Å². The van der Waals surface area contributed by atoms with E-state index >= 15 is 0 Å². The second-order valence-corrected chi connectivity index (χ2v) is 7.70. The molecule has 1 aromatic rings. The summed E-state index contributed by atoms with van der Waals surface area (Å²) in [6.07, 6.45) is 3.69. The van der Waals surface area contributed by atoms with Gasteiger partial charge in [0.05, 0.1) is 6.07 Å². The monoisotopic (exact) mass is 421 g/mol. The molecular formula is C21H25F2N3O4. The van der Waals surface area contributed by atoms with Gasteiger partial charge in [-0.05, 0) is 30.9 Å². The Bertz CT molecular complexity index is 825. The molecular weight excluding hydrogens is 396 g/mol. The molecule has 0 unspecified atom stereocenters. The van der Waals surface area contributed by atoms with Gasteiger partial charge in [0.25, 0.3) is 11.8 Å². The summed E-state index contributed by atoms with van der Waals surface area (Å²) < 4.78 is 32.6. The van der Waals surface area contributed by atoms with Gasteiger partial charge in [-0.15, -0.1) is 0 Å². The molecule has 1 atom stereocenters. The van der Waals surface area contributed by atoms with Crippen LogP contribution in [-0.4, -0.2) is 36.0 Å². The first-order chi connectivity index (χ1) is 14.2. The van der Waals surface area contributed by atoms with Crippen molar-refractivity contribution in [2.24, 2.45) is 5.92 Å². The highest BCUT2D eigenvalue weighted by Gasteiger charge is 2.34. The number of carbonyl (C=O) groups excluding carboxylic acids is 3. The van der Waals surface area contributed by atoms with Crippen LogP contribution in [0.25, 0.3) is 0 Å². The minimum Gasteiger partial charge on any atom is -0.454 e. The topological polar surface area (TPSA) is 108 Å². The van der Waals surface area contributed by atoms with Gasteiger partial charge in [0.15, 0.2) is 6.61 Å². The molecule has 7 nitrogen and oxygen atoms in total. The summed E-state index contributed by atoms with van der Waals surface area (Å²) in [5.41, 5.74) is -1.77. The molecule has 9 heteroatoms. The second-order valence-electron chi connectivity index (χ2n) is 7.70. The van der Waals surface area contributed by atoms with Gasteiger partial charge < -0.3 is 15.4 Å². The number of ether oxygens (including phenoxy) is 1. The molecule has 30 heavy (non-hydrogen) atoms. The summed E-state index contributed by atoms with van der Waals surface area (Å²) in [5, 5.41) is 14.3. The number of halogens is 2. The molecule has 0 heterocycles. The minimum absolute atomic E-state index is 0.469. The lowest BCUT2D eigenvalue weighted by atomic mass is 9.83. The zero-order chi connectivity index (χ0) is 22.3. The van der Waals surface area contributed by atoms with Crippen molar-refractivity contribution in [3.8, 4) is 6.07 Å². The van der Waals surface area contributed by atoms with E-state index in [-0.39, 0.29) is 0 Å². The van der Waals surface area contributed by atoms with Crippen LogP contribution < -0.4 is 10.6 Å². The first-order valence-corrected chi connectivity index (χ1v) is 9.83. The van der Waals surface area contributed by atoms with E-state index in [4.69, 9.17) is 4.74 Å². The Morgan fingerprint density at radius 1 is 1.17 bits per heavy atom. The molecule has 0 aromatic heterocycles. The lowest BCUT2D eigenvalue weighted by Gasteiger charge is -2.31. The van der Waals surface area contributed by atoms with Gasteiger partial charge in [-0.3, -0.25) is 9.59 Å². The number of nitriles is 1. The first-order valence-electron chi connectivity index (χ1n) is 9.83. The Morgan fingerprint density at radius 2 is 1.77 bits per heavy atom. The van der Waals surface area contributed by atoms with Crippen LogP contribution in [0.1, 0.15) is 56.3 Å². The summed E-state index contributed by atoms with van der Waals surface area (Å²) in [5.74, 6) is -5.23. The predicted octanol–water partition coefficient (Wildman–Crippen LogP) is 2.61. The van der Waals surface area contributed by atoms with E-state index in [1.807, 2.05) is 0 Å². The maximum absolute atomic E-state index is 13.8. The standard InChI is InChI=1S/C21H25F2N3O4/c1-13(2)18(25-19(28)17-14(22)7-6-8-15(17)23)20(29)30-11-16(27)26-21(12-24)9-4-3-5-10-21/h6-8,13,18H,3-5,9-11H2,1-2H3,(H,25,28)(H,26,27)/t18-/m0/s1. The first kappa shape index (κ1) is 23.3. The predicted molar refractivity (Wildman–Crippen MR) is 103 cm³/mol. The van der Waals surface area contributed by atoms with Gasteiger partial charge in [0, 0.05) is 0 Å². The van der Waals surface area contributed by atoms with Gasteiger partial charge >= 0.3 is 5.97 Å². The van der Waals surface area contributed by atoms with Crippen molar-refractivity contribution in [3.05, 3.63) is 35.4 Å². The van der Waals surface area contributed by atoms with Crippen LogP contribution in [0, 0.1) is 28.9 Å². The number of hydrogen-bond donors (Lipinski definition) is 2. The summed E-state index contributed by atoms with van der Waals surface area (Å²) in [6.45, 7) is 2.59. The summed E-state index contributed by atoms with van der Waals surface area (Å²) >= 11 is 0. The van der Waals surface area contributed by atoms with E-state index < -0.39 is 59.1 Å². The zero-order valence-corrected chi connectivity index (χ0v) is 17.0. The SMILES string of the molecule is CC(C)[C@H](NC(=O)c1c(F)cccc1F)C(=O)OCC(=O)NC1(C#N)CCCCC1. The van der Waals surface area contributed by atoms with Crippen molar-refractivity contribution in [1.29, 1.82) is 5.26 Å². The number of carbonyl (C=O) groups is 3. The van der Waals surface area contributed by atoms with Crippen molar-refractivity contribution in [3.63, 3.8) is 0 Å². The summed E-state index contributed by atoms with van der Waals surface area (Å²) in [6, 6.07) is 3.90. The summed E-state index contributed by atoms with van der Waals surface area (Å²) in [4.78, 5) is 36.9. The molecule has 2 N–H and O–H groups in total. The van der Waals surface area contributed by atoms with Gasteiger partial charge in [-0.25, -0.2) is 13.6 Å². The molecule has 1 saturated carbocycles. The lowest BCUT2D eigenvalue weighted by Crippen LogP contribution is -2.51. The van der Waals surface area contributed by atoms with E-state index in [2.05, 4.69) is 16.7 Å². The third-order valence-electron chi connectivity index (χ3n) is 5.04. The minimum atomic E-state index is -1.22. The number of nitrogens with one attached hydrogen (secondary N) is 2. The zero-order valence-electron chi connectivity index (χ0n) is 17.0. The molecule has 0 bridgehead atoms. The Kier molecular flexibility index (Phi) is 7.86. The van der Waals surface area contributed by atoms with E-state index in [0.29, 0.717) is 12.8 Å². The smallest absolute Gasteiger partial charge is 0.329 e. The molecule has 2 rings (SSSR count). The third-order valence-corrected chi connectivity index (χ3v) is 5.04. The maximum atomic E-state index is 13.8. The van der Waals surface area contributed by atoms with Crippen LogP contribution in [0.15, 0.2) is 18.2 Å². The number of esters is 1. The Morgan fingerprint density at radius 3 is 2.30 bits per heavy atom. The molecule has 1 aliphatic carbocycles. The van der Waals surface area contributed by atoms with Crippen molar-refractivity contribution in [2.75, 3.05) is 6.61 Å². The molecule has 0 spiro atoms. The average Bonchev–Trinajstić information content (AvgIpc) is 2.70. The summed E-state index contributed by atoms with van der Waals surface area (Å²) in [7, 11) is 0. The highest BCUT2D eigenvalue weighted by molar-refractivity contribution is 5.97. The lowest BCUT2D eigenvalue weighted by molar-refractivity contribution is -0.151. The molecule has 1 aliphatic rings. The van der Waals surface area contributed by atoms with Crippen molar-refractivity contribution >= 4 is 17.8 Å². The number of hydrogen-bond acceptors (Lipinski definition) is 5. The fourth-order valence-corrected chi connectivity index (χ4v) is 3.38. The molecule has 0 aliphatic heterocycles. The van der Waals surface area contributed by atoms with E-state index in [1.54, 1.807) is 13.8 Å². The quantitative estimate of drug-likeness (QED) is 0.658. The molecule has 1 fully saturated rings. The largest absolute Gasteiger partial charge is 0.454 e. The Labute approximate surface area is 173 Å².